The fourth-order valence-electron chi connectivity index (χ4n) is 2.62. The maximum atomic E-state index is 12.8. The number of benzene rings is 2. The number of fused-ring (bicyclic) bond motifs is 1. The van der Waals surface area contributed by atoms with Crippen molar-refractivity contribution in [3.05, 3.63) is 76.6 Å². The summed E-state index contributed by atoms with van der Waals surface area (Å²) in [7, 11) is 0. The van der Waals surface area contributed by atoms with Crippen LogP contribution in [0.2, 0.25) is 0 Å². The van der Waals surface area contributed by atoms with Crippen molar-refractivity contribution in [3.8, 4) is 0 Å². The van der Waals surface area contributed by atoms with Crippen molar-refractivity contribution in [1.29, 1.82) is 0 Å². The lowest BCUT2D eigenvalue weighted by Gasteiger charge is -2.21. The molecule has 0 bridgehead atoms. The number of aromatic nitrogens is 1. The fourth-order valence-corrected chi connectivity index (χ4v) is 2.62. The Kier molecular flexibility index (Phi) is 4.81. The predicted octanol–water partition coefficient (Wildman–Crippen LogP) is 4.04. The molecule has 0 aliphatic carbocycles. The van der Waals surface area contributed by atoms with Gasteiger partial charge in [0.2, 0.25) is 5.43 Å². The zero-order valence-corrected chi connectivity index (χ0v) is 15.4. The molecule has 0 spiro atoms. The number of nitrogens with one attached hydrogen (secondary N) is 1. The highest BCUT2D eigenvalue weighted by molar-refractivity contribution is 6.06. The van der Waals surface area contributed by atoms with E-state index in [9.17, 15) is 14.4 Å². The maximum absolute atomic E-state index is 12.8. The van der Waals surface area contributed by atoms with Crippen molar-refractivity contribution in [3.63, 3.8) is 0 Å². The van der Waals surface area contributed by atoms with Gasteiger partial charge in [-0.2, -0.15) is 0 Å². The Labute approximate surface area is 156 Å². The van der Waals surface area contributed by atoms with Crippen molar-refractivity contribution in [2.45, 2.75) is 26.4 Å². The second-order valence-corrected chi connectivity index (χ2v) is 7.06. The SMILES string of the molecule is CC(C)(C)OC(=O)n1cc(C(=O)Nc2ccccc2)c(=O)c2ccccc21. The number of hydrogen-bond donors (Lipinski definition) is 1. The number of hydrogen-bond acceptors (Lipinski definition) is 4. The molecule has 0 aliphatic heterocycles. The first-order chi connectivity index (χ1) is 12.8. The molecule has 1 N–H and O–H groups in total. The van der Waals surface area contributed by atoms with Crippen LogP contribution in [0.4, 0.5) is 10.5 Å². The molecule has 0 atom stereocenters. The zero-order valence-electron chi connectivity index (χ0n) is 15.4. The van der Waals surface area contributed by atoms with Gasteiger partial charge in [-0.25, -0.2) is 4.79 Å². The summed E-state index contributed by atoms with van der Waals surface area (Å²) in [5.41, 5.74) is -0.359. The number of rotatable bonds is 2. The van der Waals surface area contributed by atoms with E-state index in [0.29, 0.717) is 11.2 Å². The monoisotopic (exact) mass is 364 g/mol. The number of carbonyl (C=O) groups excluding carboxylic acids is 2. The maximum Gasteiger partial charge on any atom is 0.419 e. The van der Waals surface area contributed by atoms with Crippen molar-refractivity contribution in [2.24, 2.45) is 0 Å². The van der Waals surface area contributed by atoms with Crippen LogP contribution in [-0.2, 0) is 4.74 Å². The quantitative estimate of drug-likeness (QED) is 0.744. The lowest BCUT2D eigenvalue weighted by atomic mass is 10.1. The van der Waals surface area contributed by atoms with Gasteiger partial charge in [0.15, 0.2) is 0 Å². The minimum Gasteiger partial charge on any atom is -0.443 e. The third-order valence-corrected chi connectivity index (χ3v) is 3.78. The molecular weight excluding hydrogens is 344 g/mol. The number of anilines is 1. The molecular formula is C21H20N2O4. The molecule has 0 unspecified atom stereocenters. The van der Waals surface area contributed by atoms with Crippen LogP contribution < -0.4 is 10.7 Å². The van der Waals surface area contributed by atoms with Crippen LogP contribution in [0.3, 0.4) is 0 Å². The van der Waals surface area contributed by atoms with Gasteiger partial charge in [-0.15, -0.1) is 0 Å². The Morgan fingerprint density at radius 3 is 2.26 bits per heavy atom. The van der Waals surface area contributed by atoms with Crippen LogP contribution in [-0.4, -0.2) is 22.2 Å². The van der Waals surface area contributed by atoms with E-state index in [4.69, 9.17) is 4.74 Å². The Morgan fingerprint density at radius 2 is 1.59 bits per heavy atom. The van der Waals surface area contributed by atoms with Gasteiger partial charge >= 0.3 is 6.09 Å². The molecule has 1 amide bonds. The van der Waals surface area contributed by atoms with Crippen LogP contribution >= 0.6 is 0 Å². The highest BCUT2D eigenvalue weighted by Gasteiger charge is 2.22. The average molecular weight is 364 g/mol. The second-order valence-electron chi connectivity index (χ2n) is 7.06. The molecule has 0 radical (unpaired) electrons. The van der Waals surface area contributed by atoms with E-state index in [1.165, 1.54) is 10.8 Å². The van der Waals surface area contributed by atoms with Gasteiger partial charge in [-0.1, -0.05) is 30.3 Å². The Bertz CT molecular complexity index is 1060. The Balaban J connectivity index is 2.11. The van der Waals surface area contributed by atoms with Crippen molar-refractivity contribution >= 4 is 28.6 Å². The number of pyridine rings is 1. The first kappa shape index (κ1) is 18.4. The lowest BCUT2D eigenvalue weighted by molar-refractivity contribution is 0.0543. The molecule has 3 rings (SSSR count). The Morgan fingerprint density at radius 1 is 0.963 bits per heavy atom. The number of carbonyl (C=O) groups is 2. The molecule has 0 saturated carbocycles. The van der Waals surface area contributed by atoms with Crippen LogP contribution in [0.1, 0.15) is 31.1 Å². The van der Waals surface area contributed by atoms with Crippen LogP contribution in [0.25, 0.3) is 10.9 Å². The summed E-state index contributed by atoms with van der Waals surface area (Å²) in [5.74, 6) is -0.589. The highest BCUT2D eigenvalue weighted by atomic mass is 16.6. The summed E-state index contributed by atoms with van der Waals surface area (Å²) >= 11 is 0. The fraction of sp³-hybridized carbons (Fsp3) is 0.190. The normalized spacial score (nSPS) is 11.2. The molecule has 1 aromatic heterocycles. The van der Waals surface area contributed by atoms with Crippen LogP contribution in [0.5, 0.6) is 0 Å². The number of amides is 1. The molecule has 2 aromatic carbocycles. The average Bonchev–Trinajstić information content (AvgIpc) is 2.61. The summed E-state index contributed by atoms with van der Waals surface area (Å²) < 4.78 is 6.61. The van der Waals surface area contributed by atoms with Gasteiger partial charge in [-0.05, 0) is 45.0 Å². The van der Waals surface area contributed by atoms with Gasteiger partial charge < -0.3 is 10.1 Å². The minimum absolute atomic E-state index is 0.136. The van der Waals surface area contributed by atoms with Crippen LogP contribution in [0, 0.1) is 0 Å². The molecule has 0 fully saturated rings. The smallest absolute Gasteiger partial charge is 0.419 e. The third kappa shape index (κ3) is 4.06. The Hall–Kier alpha value is -3.41. The van der Waals surface area contributed by atoms with Crippen molar-refractivity contribution < 1.29 is 14.3 Å². The van der Waals surface area contributed by atoms with Gasteiger partial charge in [0, 0.05) is 17.3 Å². The standard InChI is InChI=1S/C21H20N2O4/c1-21(2,3)27-20(26)23-13-16(18(24)15-11-7-8-12-17(15)23)19(25)22-14-9-5-4-6-10-14/h4-13H,1-3H3,(H,22,25). The summed E-state index contributed by atoms with van der Waals surface area (Å²) in [4.78, 5) is 38.1. The topological polar surface area (TPSA) is 77.4 Å². The van der Waals surface area contributed by atoms with E-state index in [2.05, 4.69) is 5.32 Å². The van der Waals surface area contributed by atoms with Gasteiger partial charge in [0.1, 0.15) is 11.2 Å². The molecule has 27 heavy (non-hydrogen) atoms. The largest absolute Gasteiger partial charge is 0.443 e. The van der Waals surface area contributed by atoms with Crippen LogP contribution in [0.15, 0.2) is 65.6 Å². The summed E-state index contributed by atoms with van der Waals surface area (Å²) in [6, 6.07) is 15.4. The molecule has 6 heteroatoms. The molecule has 0 saturated heterocycles. The number of ether oxygens (including phenoxy) is 1. The summed E-state index contributed by atoms with van der Waals surface area (Å²) in [5, 5.41) is 2.94. The molecule has 3 aromatic rings. The van der Waals surface area contributed by atoms with Gasteiger partial charge in [-0.3, -0.25) is 14.2 Å². The minimum atomic E-state index is -0.715. The predicted molar refractivity (Wildman–Crippen MR) is 104 cm³/mol. The summed E-state index contributed by atoms with van der Waals surface area (Å²) in [6.45, 7) is 5.25. The highest BCUT2D eigenvalue weighted by Crippen LogP contribution is 2.16. The first-order valence-corrected chi connectivity index (χ1v) is 8.50. The van der Waals surface area contributed by atoms with Crippen molar-refractivity contribution in [2.75, 3.05) is 5.32 Å². The third-order valence-electron chi connectivity index (χ3n) is 3.78. The molecule has 1 heterocycles. The van der Waals surface area contributed by atoms with Gasteiger partial charge in [0.05, 0.1) is 5.52 Å². The first-order valence-electron chi connectivity index (χ1n) is 8.50. The van der Waals surface area contributed by atoms with E-state index < -0.39 is 23.0 Å². The van der Waals surface area contributed by atoms with E-state index in [1.54, 1.807) is 69.3 Å². The van der Waals surface area contributed by atoms with E-state index in [1.807, 2.05) is 6.07 Å². The summed E-state index contributed by atoms with van der Waals surface area (Å²) in [6.07, 6.45) is 0.573. The van der Waals surface area contributed by atoms with Gasteiger partial charge in [0.25, 0.3) is 5.91 Å². The number of para-hydroxylation sites is 2. The van der Waals surface area contributed by atoms with E-state index in [-0.39, 0.29) is 10.9 Å². The van der Waals surface area contributed by atoms with E-state index in [0.717, 1.165) is 0 Å². The zero-order chi connectivity index (χ0) is 19.6. The molecule has 6 nitrogen and oxygen atoms in total. The van der Waals surface area contributed by atoms with Crippen molar-refractivity contribution in [1.82, 2.24) is 4.57 Å². The molecule has 138 valence electrons. The van der Waals surface area contributed by atoms with E-state index >= 15 is 0 Å². The second kappa shape index (κ2) is 7.07. The molecule has 0 aliphatic rings. The lowest BCUT2D eigenvalue weighted by Crippen LogP contribution is -2.30. The number of nitrogens with zero attached hydrogens (tertiary/aromatic N) is 1.